The minimum atomic E-state index is -0.487. The van der Waals surface area contributed by atoms with Crippen LogP contribution in [0.15, 0.2) is 47.5 Å². The van der Waals surface area contributed by atoms with Gasteiger partial charge in [0, 0.05) is 35.0 Å². The summed E-state index contributed by atoms with van der Waals surface area (Å²) in [7, 11) is 0. The predicted octanol–water partition coefficient (Wildman–Crippen LogP) is 4.82. The number of aliphatic imine (C=N–C) groups is 1. The molecule has 1 heterocycles. The van der Waals surface area contributed by atoms with Crippen molar-refractivity contribution in [3.05, 3.63) is 68.7 Å². The van der Waals surface area contributed by atoms with Crippen LogP contribution in [0.5, 0.6) is 0 Å². The Morgan fingerprint density at radius 2 is 2.00 bits per heavy atom. The maximum atomic E-state index is 12.8. The Balaban J connectivity index is 1.88. The quantitative estimate of drug-likeness (QED) is 0.556. The number of benzene rings is 2. The van der Waals surface area contributed by atoms with Crippen molar-refractivity contribution >= 4 is 45.8 Å². The minimum Gasteiger partial charge on any atom is -0.287 e. The van der Waals surface area contributed by atoms with Crippen LogP contribution in [0.4, 0.5) is 11.4 Å². The molecule has 0 aromatic heterocycles. The molecule has 0 saturated carbocycles. The van der Waals surface area contributed by atoms with E-state index in [1.807, 2.05) is 19.1 Å². The number of nitrogens with zero attached hydrogens (tertiary/aromatic N) is 3. The minimum absolute atomic E-state index is 0.0437. The summed E-state index contributed by atoms with van der Waals surface area (Å²) in [6, 6.07) is 11.1. The Bertz CT molecular complexity index is 884. The molecule has 0 unspecified atom stereocenters. The Labute approximate surface area is 160 Å². The fourth-order valence-electron chi connectivity index (χ4n) is 2.48. The van der Waals surface area contributed by atoms with Crippen molar-refractivity contribution in [1.29, 1.82) is 0 Å². The molecule has 0 radical (unpaired) electrons. The molecule has 1 saturated heterocycles. The molecule has 134 valence electrons. The number of non-ortho nitro benzene ring substituents is 1. The first-order chi connectivity index (χ1) is 12.5. The zero-order valence-electron chi connectivity index (χ0n) is 14.0. The van der Waals surface area contributed by atoms with Gasteiger partial charge < -0.3 is 0 Å². The normalized spacial score (nSPS) is 15.9. The summed E-state index contributed by atoms with van der Waals surface area (Å²) in [4.78, 5) is 29.3. The van der Waals surface area contributed by atoms with Crippen molar-refractivity contribution in [3.8, 4) is 0 Å². The lowest BCUT2D eigenvalue weighted by Crippen LogP contribution is -2.39. The number of aryl methyl sites for hydroxylation is 1. The molecule has 1 aliphatic rings. The monoisotopic (exact) mass is 389 g/mol. The van der Waals surface area contributed by atoms with Crippen molar-refractivity contribution in [3.63, 3.8) is 0 Å². The van der Waals surface area contributed by atoms with Crippen LogP contribution in [0.2, 0.25) is 5.02 Å². The van der Waals surface area contributed by atoms with E-state index in [9.17, 15) is 14.9 Å². The fourth-order valence-corrected chi connectivity index (χ4v) is 3.61. The summed E-state index contributed by atoms with van der Waals surface area (Å²) in [6.07, 6.45) is 0.858. The van der Waals surface area contributed by atoms with Gasteiger partial charge in [-0.05, 0) is 43.2 Å². The third-order valence-corrected chi connectivity index (χ3v) is 5.41. The molecule has 1 amide bonds. The Kier molecular flexibility index (Phi) is 5.58. The van der Waals surface area contributed by atoms with Gasteiger partial charge in [-0.25, -0.2) is 4.99 Å². The number of amides is 1. The van der Waals surface area contributed by atoms with E-state index in [2.05, 4.69) is 4.99 Å². The van der Waals surface area contributed by atoms with Gasteiger partial charge in [-0.3, -0.25) is 19.8 Å². The number of amidine groups is 1. The third-order valence-electron chi connectivity index (χ3n) is 3.94. The number of nitro groups is 1. The second kappa shape index (κ2) is 7.88. The molecule has 8 heteroatoms. The fraction of sp³-hybridized carbons (Fsp3) is 0.222. The van der Waals surface area contributed by atoms with Gasteiger partial charge in [-0.2, -0.15) is 0 Å². The summed E-state index contributed by atoms with van der Waals surface area (Å²) in [5.74, 6) is 0.659. The zero-order chi connectivity index (χ0) is 18.7. The molecular formula is C18H16ClN3O3S. The smallest absolute Gasteiger partial charge is 0.269 e. The number of thioether (sulfide) groups is 1. The van der Waals surface area contributed by atoms with E-state index in [1.54, 1.807) is 11.0 Å². The number of hydrogen-bond donors (Lipinski definition) is 0. The molecule has 0 N–H and O–H groups in total. The van der Waals surface area contributed by atoms with Crippen LogP contribution in [-0.2, 0) is 0 Å². The lowest BCUT2D eigenvalue weighted by molar-refractivity contribution is -0.384. The lowest BCUT2D eigenvalue weighted by atomic mass is 10.2. The number of carbonyl (C=O) groups is 1. The summed E-state index contributed by atoms with van der Waals surface area (Å²) >= 11 is 7.67. The average Bonchev–Trinajstić information content (AvgIpc) is 2.65. The van der Waals surface area contributed by atoms with Gasteiger partial charge in [0.05, 0.1) is 10.6 Å². The van der Waals surface area contributed by atoms with Gasteiger partial charge >= 0.3 is 0 Å². The second-order valence-corrected chi connectivity index (χ2v) is 7.26. The predicted molar refractivity (Wildman–Crippen MR) is 104 cm³/mol. The Morgan fingerprint density at radius 1 is 1.27 bits per heavy atom. The van der Waals surface area contributed by atoms with E-state index >= 15 is 0 Å². The van der Waals surface area contributed by atoms with E-state index in [4.69, 9.17) is 11.6 Å². The van der Waals surface area contributed by atoms with Crippen molar-refractivity contribution in [1.82, 2.24) is 4.90 Å². The summed E-state index contributed by atoms with van der Waals surface area (Å²) < 4.78 is 0. The Hall–Kier alpha value is -2.38. The zero-order valence-corrected chi connectivity index (χ0v) is 15.6. The van der Waals surface area contributed by atoms with Gasteiger partial charge in [-0.15, -0.1) is 0 Å². The summed E-state index contributed by atoms with van der Waals surface area (Å²) in [5, 5.41) is 12.0. The molecule has 0 spiro atoms. The molecule has 0 aliphatic carbocycles. The first kappa shape index (κ1) is 18.4. The first-order valence-electron chi connectivity index (χ1n) is 7.99. The highest BCUT2D eigenvalue weighted by molar-refractivity contribution is 8.13. The Morgan fingerprint density at radius 3 is 2.65 bits per heavy atom. The van der Waals surface area contributed by atoms with Crippen LogP contribution in [0, 0.1) is 17.0 Å². The van der Waals surface area contributed by atoms with Crippen molar-refractivity contribution in [2.75, 3.05) is 12.3 Å². The lowest BCUT2D eigenvalue weighted by Gasteiger charge is -2.27. The van der Waals surface area contributed by atoms with Gasteiger partial charge in [0.2, 0.25) is 0 Å². The van der Waals surface area contributed by atoms with Crippen LogP contribution >= 0.6 is 23.4 Å². The molecule has 0 bridgehead atoms. The van der Waals surface area contributed by atoms with Crippen LogP contribution in [-0.4, -0.2) is 33.2 Å². The first-order valence-corrected chi connectivity index (χ1v) is 9.36. The highest BCUT2D eigenvalue weighted by atomic mass is 35.5. The van der Waals surface area contributed by atoms with E-state index in [-0.39, 0.29) is 11.6 Å². The molecule has 2 aromatic carbocycles. The molecule has 6 nitrogen and oxygen atoms in total. The largest absolute Gasteiger partial charge is 0.287 e. The van der Waals surface area contributed by atoms with Crippen LogP contribution in [0.1, 0.15) is 22.3 Å². The average molecular weight is 390 g/mol. The molecule has 26 heavy (non-hydrogen) atoms. The molecule has 1 fully saturated rings. The van der Waals surface area contributed by atoms with Crippen LogP contribution in [0.25, 0.3) is 0 Å². The third kappa shape index (κ3) is 4.05. The van der Waals surface area contributed by atoms with Crippen LogP contribution < -0.4 is 0 Å². The molecule has 3 rings (SSSR count). The topological polar surface area (TPSA) is 75.8 Å². The number of halogens is 1. The molecule has 0 atom stereocenters. The van der Waals surface area contributed by atoms with Crippen molar-refractivity contribution in [2.24, 2.45) is 4.99 Å². The van der Waals surface area contributed by atoms with Gasteiger partial charge in [0.15, 0.2) is 5.17 Å². The molecular weight excluding hydrogens is 374 g/mol. The molecule has 1 aliphatic heterocycles. The van der Waals surface area contributed by atoms with E-state index < -0.39 is 4.92 Å². The van der Waals surface area contributed by atoms with Gasteiger partial charge in [-0.1, -0.05) is 29.4 Å². The van der Waals surface area contributed by atoms with E-state index in [0.29, 0.717) is 28.0 Å². The highest BCUT2D eigenvalue weighted by Gasteiger charge is 2.25. The summed E-state index contributed by atoms with van der Waals surface area (Å²) in [6.45, 7) is 2.47. The molecule has 2 aromatic rings. The van der Waals surface area contributed by atoms with Gasteiger partial charge in [0.1, 0.15) is 0 Å². The number of hydrogen-bond acceptors (Lipinski definition) is 5. The van der Waals surface area contributed by atoms with Crippen molar-refractivity contribution < 1.29 is 9.72 Å². The highest BCUT2D eigenvalue weighted by Crippen LogP contribution is 2.27. The SMILES string of the molecule is Cc1ccc(N=C2SCCCN2C(=O)c2ccc([N+](=O)[O-])cc2)cc1Cl. The van der Waals surface area contributed by atoms with Crippen molar-refractivity contribution in [2.45, 2.75) is 13.3 Å². The van der Waals surface area contributed by atoms with Crippen LogP contribution in [0.3, 0.4) is 0 Å². The number of nitro benzene ring substituents is 1. The number of rotatable bonds is 3. The standard InChI is InChI=1S/C18H16ClN3O3S/c1-12-3-6-14(11-16(12)19)20-18-21(9-2-10-26-18)17(23)13-4-7-15(8-5-13)22(24)25/h3-8,11H,2,9-10H2,1H3. The van der Waals surface area contributed by atoms with Gasteiger partial charge in [0.25, 0.3) is 11.6 Å². The van der Waals surface area contributed by atoms with E-state index in [1.165, 1.54) is 36.0 Å². The summed E-state index contributed by atoms with van der Waals surface area (Å²) in [5.41, 5.74) is 2.00. The number of carbonyl (C=O) groups excluding carboxylic acids is 1. The second-order valence-electron chi connectivity index (χ2n) is 5.79. The maximum absolute atomic E-state index is 12.8. The van der Waals surface area contributed by atoms with E-state index in [0.717, 1.165) is 17.7 Å². The maximum Gasteiger partial charge on any atom is 0.269 e.